The van der Waals surface area contributed by atoms with Crippen LogP contribution < -0.4 is 11.1 Å². The number of carboxylic acids is 2. The fraction of sp³-hybridized carbons (Fsp3) is 0.667. The number of rotatable bonds is 4. The molecule has 1 aliphatic heterocycles. The average molecular weight is 245 g/mol. The van der Waals surface area contributed by atoms with Crippen LogP contribution in [-0.4, -0.2) is 58.3 Å². The van der Waals surface area contributed by atoms with Crippen LogP contribution in [0.15, 0.2) is 0 Å². The van der Waals surface area contributed by atoms with Crippen LogP contribution >= 0.6 is 0 Å². The first-order chi connectivity index (χ1) is 7.90. The van der Waals surface area contributed by atoms with E-state index in [0.29, 0.717) is 19.5 Å². The Morgan fingerprint density at radius 3 is 2.47 bits per heavy atom. The Balaban J connectivity index is 2.52. The molecule has 0 saturated carbocycles. The average Bonchev–Trinajstić information content (AvgIpc) is 2.63. The third kappa shape index (κ3) is 3.91. The Bertz CT molecular complexity index is 333. The minimum atomic E-state index is -1.42. The first-order valence-electron chi connectivity index (χ1n) is 5.15. The molecule has 8 nitrogen and oxygen atoms in total. The SMILES string of the molecule is NC1CCN(C(=O)N[C@H](CC(=O)O)C(=O)O)C1. The maximum Gasteiger partial charge on any atom is 0.326 e. The molecule has 1 rings (SSSR count). The number of aliphatic carboxylic acids is 2. The van der Waals surface area contributed by atoms with Gasteiger partial charge in [-0.1, -0.05) is 0 Å². The van der Waals surface area contributed by atoms with Crippen LogP contribution in [0.4, 0.5) is 4.79 Å². The Morgan fingerprint density at radius 2 is 2.06 bits per heavy atom. The highest BCUT2D eigenvalue weighted by atomic mass is 16.4. The van der Waals surface area contributed by atoms with Crippen molar-refractivity contribution in [2.24, 2.45) is 5.73 Å². The molecule has 5 N–H and O–H groups in total. The molecule has 96 valence electrons. The molecule has 2 atom stereocenters. The molecule has 0 spiro atoms. The van der Waals surface area contributed by atoms with Crippen LogP contribution in [0, 0.1) is 0 Å². The van der Waals surface area contributed by atoms with Crippen molar-refractivity contribution in [1.82, 2.24) is 10.2 Å². The highest BCUT2D eigenvalue weighted by Gasteiger charge is 2.28. The summed E-state index contributed by atoms with van der Waals surface area (Å²) in [6, 6.07) is -2.12. The molecule has 1 unspecified atom stereocenters. The molecule has 0 aromatic heterocycles. The number of urea groups is 1. The van der Waals surface area contributed by atoms with Gasteiger partial charge in [-0.15, -0.1) is 0 Å². The molecule has 1 heterocycles. The van der Waals surface area contributed by atoms with E-state index in [4.69, 9.17) is 15.9 Å². The molecule has 1 aliphatic rings. The van der Waals surface area contributed by atoms with Crippen LogP contribution in [-0.2, 0) is 9.59 Å². The van der Waals surface area contributed by atoms with Crippen LogP contribution in [0.5, 0.6) is 0 Å². The molecule has 0 aliphatic carbocycles. The van der Waals surface area contributed by atoms with Gasteiger partial charge in [0.15, 0.2) is 0 Å². The highest BCUT2D eigenvalue weighted by molar-refractivity contribution is 5.86. The van der Waals surface area contributed by atoms with Gasteiger partial charge in [0.2, 0.25) is 0 Å². The van der Waals surface area contributed by atoms with Crippen molar-refractivity contribution in [3.05, 3.63) is 0 Å². The topological polar surface area (TPSA) is 133 Å². The van der Waals surface area contributed by atoms with Crippen molar-refractivity contribution in [3.8, 4) is 0 Å². The van der Waals surface area contributed by atoms with E-state index in [1.54, 1.807) is 0 Å². The van der Waals surface area contributed by atoms with Crippen molar-refractivity contribution >= 4 is 18.0 Å². The van der Waals surface area contributed by atoms with Gasteiger partial charge in [0.25, 0.3) is 0 Å². The van der Waals surface area contributed by atoms with E-state index in [2.05, 4.69) is 5.32 Å². The third-order valence-corrected chi connectivity index (χ3v) is 2.49. The van der Waals surface area contributed by atoms with E-state index in [9.17, 15) is 14.4 Å². The van der Waals surface area contributed by atoms with Crippen molar-refractivity contribution in [3.63, 3.8) is 0 Å². The molecule has 0 aromatic rings. The summed E-state index contributed by atoms with van der Waals surface area (Å²) in [6.45, 7) is 0.803. The lowest BCUT2D eigenvalue weighted by atomic mass is 10.2. The Labute approximate surface area is 97.4 Å². The molecule has 2 amide bonds. The summed E-state index contributed by atoms with van der Waals surface area (Å²) in [6.07, 6.45) is 0.00502. The quantitative estimate of drug-likeness (QED) is 0.484. The van der Waals surface area contributed by atoms with Crippen molar-refractivity contribution < 1.29 is 24.6 Å². The Kier molecular flexibility index (Phi) is 4.27. The van der Waals surface area contributed by atoms with Gasteiger partial charge in [-0.25, -0.2) is 9.59 Å². The largest absolute Gasteiger partial charge is 0.481 e. The lowest BCUT2D eigenvalue weighted by Gasteiger charge is -2.19. The van der Waals surface area contributed by atoms with Crippen LogP contribution in [0.1, 0.15) is 12.8 Å². The van der Waals surface area contributed by atoms with Crippen LogP contribution in [0.2, 0.25) is 0 Å². The summed E-state index contributed by atoms with van der Waals surface area (Å²) in [5, 5.41) is 19.4. The van der Waals surface area contributed by atoms with Gasteiger partial charge in [-0.05, 0) is 6.42 Å². The number of likely N-dealkylation sites (tertiary alicyclic amines) is 1. The number of nitrogens with two attached hydrogens (primary N) is 1. The number of hydrogen-bond donors (Lipinski definition) is 4. The zero-order chi connectivity index (χ0) is 13.0. The first kappa shape index (κ1) is 13.2. The molecule has 1 saturated heterocycles. The summed E-state index contributed by atoms with van der Waals surface area (Å²) in [5.41, 5.74) is 5.60. The fourth-order valence-corrected chi connectivity index (χ4v) is 1.59. The zero-order valence-corrected chi connectivity index (χ0v) is 9.13. The maximum absolute atomic E-state index is 11.6. The number of hydrogen-bond acceptors (Lipinski definition) is 4. The monoisotopic (exact) mass is 245 g/mol. The third-order valence-electron chi connectivity index (χ3n) is 2.49. The molecule has 1 fully saturated rings. The van der Waals surface area contributed by atoms with E-state index in [0.717, 1.165) is 0 Å². The first-order valence-corrected chi connectivity index (χ1v) is 5.15. The smallest absolute Gasteiger partial charge is 0.326 e. The summed E-state index contributed by atoms with van der Waals surface area (Å²) in [4.78, 5) is 34.1. The Hall–Kier alpha value is -1.83. The van der Waals surface area contributed by atoms with Crippen molar-refractivity contribution in [2.75, 3.05) is 13.1 Å². The molecule has 0 bridgehead atoms. The van der Waals surface area contributed by atoms with Crippen LogP contribution in [0.3, 0.4) is 0 Å². The second-order valence-corrected chi connectivity index (χ2v) is 3.93. The molecule has 0 radical (unpaired) electrons. The second-order valence-electron chi connectivity index (χ2n) is 3.93. The van der Waals surface area contributed by atoms with Gasteiger partial charge in [-0.2, -0.15) is 0 Å². The molecule has 8 heteroatoms. The number of carbonyl (C=O) groups excluding carboxylic acids is 1. The van der Waals surface area contributed by atoms with E-state index >= 15 is 0 Å². The van der Waals surface area contributed by atoms with Gasteiger partial charge in [0, 0.05) is 19.1 Å². The van der Waals surface area contributed by atoms with Crippen LogP contribution in [0.25, 0.3) is 0 Å². The molecule has 17 heavy (non-hydrogen) atoms. The zero-order valence-electron chi connectivity index (χ0n) is 9.13. The highest BCUT2D eigenvalue weighted by Crippen LogP contribution is 2.07. The summed E-state index contributed by atoms with van der Waals surface area (Å²) in [7, 11) is 0. The van der Waals surface area contributed by atoms with Gasteiger partial charge < -0.3 is 26.2 Å². The normalized spacial score (nSPS) is 21.0. The van der Waals surface area contributed by atoms with Gasteiger partial charge in [0.1, 0.15) is 6.04 Å². The lowest BCUT2D eigenvalue weighted by molar-refractivity contribution is -0.145. The number of carbonyl (C=O) groups is 3. The van der Waals surface area contributed by atoms with Gasteiger partial charge in [-0.3, -0.25) is 4.79 Å². The fourth-order valence-electron chi connectivity index (χ4n) is 1.59. The van der Waals surface area contributed by atoms with E-state index in [-0.39, 0.29) is 6.04 Å². The van der Waals surface area contributed by atoms with E-state index in [1.165, 1.54) is 4.90 Å². The second kappa shape index (κ2) is 5.48. The number of amides is 2. The van der Waals surface area contributed by atoms with Gasteiger partial charge >= 0.3 is 18.0 Å². The predicted octanol–water partition coefficient (Wildman–Crippen LogP) is -1.34. The lowest BCUT2D eigenvalue weighted by Crippen LogP contribution is -2.48. The van der Waals surface area contributed by atoms with E-state index in [1.807, 2.05) is 0 Å². The standard InChI is InChI=1S/C9H15N3O5/c10-5-1-2-12(4-5)9(17)11-6(8(15)16)3-7(13)14/h5-6H,1-4,10H2,(H,11,17)(H,13,14)(H,15,16)/t5?,6-/m1/s1. The number of nitrogens with zero attached hydrogens (tertiary/aromatic N) is 1. The minimum Gasteiger partial charge on any atom is -0.481 e. The molecular formula is C9H15N3O5. The number of carboxylic acid groups (broad SMARTS) is 2. The predicted molar refractivity (Wildman–Crippen MR) is 56.4 cm³/mol. The Morgan fingerprint density at radius 1 is 1.41 bits per heavy atom. The van der Waals surface area contributed by atoms with Gasteiger partial charge in [0.05, 0.1) is 6.42 Å². The summed E-state index contributed by atoms with van der Waals surface area (Å²) < 4.78 is 0. The number of nitrogens with one attached hydrogen (secondary N) is 1. The molecule has 0 aromatic carbocycles. The maximum atomic E-state index is 11.6. The minimum absolute atomic E-state index is 0.108. The molecular weight excluding hydrogens is 230 g/mol. The summed E-state index contributed by atoms with van der Waals surface area (Å²) >= 11 is 0. The van der Waals surface area contributed by atoms with E-state index < -0.39 is 30.4 Å². The van der Waals surface area contributed by atoms with Crippen molar-refractivity contribution in [1.29, 1.82) is 0 Å². The van der Waals surface area contributed by atoms with Crippen molar-refractivity contribution in [2.45, 2.75) is 24.9 Å². The summed E-state index contributed by atoms with van der Waals surface area (Å²) in [5.74, 6) is -2.65.